The zero-order valence-electron chi connectivity index (χ0n) is 11.7. The average molecular weight is 262 g/mol. The zero-order valence-corrected chi connectivity index (χ0v) is 11.7. The van der Waals surface area contributed by atoms with Crippen LogP contribution in [0.1, 0.15) is 29.6 Å². The molecule has 1 aromatic carbocycles. The third kappa shape index (κ3) is 3.07. The molecule has 1 fully saturated rings. The smallest absolute Gasteiger partial charge is 0.254 e. The lowest BCUT2D eigenvalue weighted by molar-refractivity contribution is 0.0526. The van der Waals surface area contributed by atoms with Gasteiger partial charge in [-0.2, -0.15) is 0 Å². The Kier molecular flexibility index (Phi) is 4.43. The fraction of sp³-hybridized carbons (Fsp3) is 0.533. The zero-order chi connectivity index (χ0) is 13.8. The van der Waals surface area contributed by atoms with E-state index in [1.54, 1.807) is 0 Å². The summed E-state index contributed by atoms with van der Waals surface area (Å²) in [4.78, 5) is 16.3. The minimum absolute atomic E-state index is 0.0258. The molecule has 0 aromatic heterocycles. The average Bonchev–Trinajstić information content (AvgIpc) is 2.35. The van der Waals surface area contributed by atoms with E-state index in [-0.39, 0.29) is 12.5 Å². The molecule has 1 amide bonds. The van der Waals surface area contributed by atoms with Gasteiger partial charge in [-0.3, -0.25) is 4.79 Å². The van der Waals surface area contributed by atoms with E-state index in [2.05, 4.69) is 0 Å². The molecule has 1 aliphatic carbocycles. The summed E-state index contributed by atoms with van der Waals surface area (Å²) in [5, 5.41) is 9.12. The quantitative estimate of drug-likeness (QED) is 0.879. The summed E-state index contributed by atoms with van der Waals surface area (Å²) >= 11 is 0. The van der Waals surface area contributed by atoms with Crippen LogP contribution in [0.25, 0.3) is 0 Å². The van der Waals surface area contributed by atoms with Crippen molar-refractivity contribution in [2.24, 2.45) is 0 Å². The first-order valence-electron chi connectivity index (χ1n) is 6.82. The topological polar surface area (TPSA) is 43.8 Å². The predicted octanol–water partition coefficient (Wildman–Crippen LogP) is 1.74. The fourth-order valence-electron chi connectivity index (χ4n) is 2.32. The Morgan fingerprint density at radius 2 is 1.89 bits per heavy atom. The van der Waals surface area contributed by atoms with Crippen molar-refractivity contribution >= 4 is 11.6 Å². The molecule has 1 saturated carbocycles. The van der Waals surface area contributed by atoms with Crippen LogP contribution in [-0.4, -0.2) is 49.2 Å². The van der Waals surface area contributed by atoms with Crippen LogP contribution in [0.5, 0.6) is 0 Å². The molecular weight excluding hydrogens is 240 g/mol. The molecule has 4 nitrogen and oxygen atoms in total. The monoisotopic (exact) mass is 262 g/mol. The first kappa shape index (κ1) is 13.9. The molecule has 2 rings (SSSR count). The van der Waals surface area contributed by atoms with Crippen molar-refractivity contribution in [3.63, 3.8) is 0 Å². The molecule has 0 bridgehead atoms. The highest BCUT2D eigenvalue weighted by Gasteiger charge is 2.28. The minimum Gasteiger partial charge on any atom is -0.395 e. The number of nitrogens with zero attached hydrogens (tertiary/aromatic N) is 2. The van der Waals surface area contributed by atoms with E-state index in [1.165, 1.54) is 6.42 Å². The van der Waals surface area contributed by atoms with E-state index in [9.17, 15) is 4.79 Å². The molecule has 0 aliphatic heterocycles. The van der Waals surface area contributed by atoms with E-state index in [1.807, 2.05) is 48.2 Å². The van der Waals surface area contributed by atoms with Crippen LogP contribution in [0.15, 0.2) is 24.3 Å². The SMILES string of the molecule is CN(C)c1ccc(C(=O)N(CCO)C2CCC2)cc1. The van der Waals surface area contributed by atoms with E-state index in [4.69, 9.17) is 5.11 Å². The second-order valence-electron chi connectivity index (χ2n) is 5.25. The Hall–Kier alpha value is -1.55. The highest BCUT2D eigenvalue weighted by Crippen LogP contribution is 2.26. The van der Waals surface area contributed by atoms with Crippen molar-refractivity contribution in [2.45, 2.75) is 25.3 Å². The van der Waals surface area contributed by atoms with Gasteiger partial charge in [0, 0.05) is 37.9 Å². The molecule has 0 unspecified atom stereocenters. The number of benzene rings is 1. The highest BCUT2D eigenvalue weighted by molar-refractivity contribution is 5.94. The Morgan fingerprint density at radius 3 is 2.32 bits per heavy atom. The Morgan fingerprint density at radius 1 is 1.26 bits per heavy atom. The van der Waals surface area contributed by atoms with Crippen LogP contribution in [0.3, 0.4) is 0 Å². The number of hydrogen-bond donors (Lipinski definition) is 1. The normalized spacial score (nSPS) is 14.9. The predicted molar refractivity (Wildman–Crippen MR) is 76.5 cm³/mol. The van der Waals surface area contributed by atoms with Crippen molar-refractivity contribution in [3.05, 3.63) is 29.8 Å². The van der Waals surface area contributed by atoms with Crippen LogP contribution in [0.2, 0.25) is 0 Å². The van der Waals surface area contributed by atoms with E-state index in [0.29, 0.717) is 18.2 Å². The molecule has 0 spiro atoms. The third-order valence-corrected chi connectivity index (χ3v) is 3.75. The number of carbonyl (C=O) groups is 1. The highest BCUT2D eigenvalue weighted by atomic mass is 16.3. The van der Waals surface area contributed by atoms with Gasteiger partial charge in [-0.05, 0) is 43.5 Å². The van der Waals surface area contributed by atoms with E-state index < -0.39 is 0 Å². The maximum atomic E-state index is 12.5. The van der Waals surface area contributed by atoms with Gasteiger partial charge in [0.1, 0.15) is 0 Å². The second kappa shape index (κ2) is 6.06. The molecular formula is C15H22N2O2. The van der Waals surface area contributed by atoms with E-state index in [0.717, 1.165) is 18.5 Å². The Balaban J connectivity index is 2.11. The van der Waals surface area contributed by atoms with Crippen molar-refractivity contribution in [1.82, 2.24) is 4.90 Å². The lowest BCUT2D eigenvalue weighted by atomic mass is 9.91. The first-order valence-corrected chi connectivity index (χ1v) is 6.82. The molecule has 4 heteroatoms. The number of amides is 1. The molecule has 1 aromatic rings. The second-order valence-corrected chi connectivity index (χ2v) is 5.25. The summed E-state index contributed by atoms with van der Waals surface area (Å²) in [6, 6.07) is 7.94. The molecule has 0 saturated heterocycles. The van der Waals surface area contributed by atoms with Gasteiger partial charge in [0.25, 0.3) is 5.91 Å². The minimum atomic E-state index is 0.0258. The van der Waals surface area contributed by atoms with Gasteiger partial charge in [0.05, 0.1) is 6.61 Å². The van der Waals surface area contributed by atoms with Crippen LogP contribution in [0, 0.1) is 0 Å². The summed E-state index contributed by atoms with van der Waals surface area (Å²) in [5.41, 5.74) is 1.78. The van der Waals surface area contributed by atoms with Gasteiger partial charge in [-0.15, -0.1) is 0 Å². The molecule has 1 aliphatic rings. The van der Waals surface area contributed by atoms with Crippen molar-refractivity contribution in [2.75, 3.05) is 32.1 Å². The maximum Gasteiger partial charge on any atom is 0.254 e. The molecule has 0 radical (unpaired) electrons. The summed E-state index contributed by atoms with van der Waals surface area (Å²) in [5.74, 6) is 0.0315. The lowest BCUT2D eigenvalue weighted by Gasteiger charge is -2.37. The van der Waals surface area contributed by atoms with E-state index >= 15 is 0 Å². The Labute approximate surface area is 114 Å². The molecule has 19 heavy (non-hydrogen) atoms. The van der Waals surface area contributed by atoms with Crippen LogP contribution >= 0.6 is 0 Å². The van der Waals surface area contributed by atoms with Gasteiger partial charge in [0.15, 0.2) is 0 Å². The first-order chi connectivity index (χ1) is 9.13. The van der Waals surface area contributed by atoms with Crippen molar-refractivity contribution in [1.29, 1.82) is 0 Å². The Bertz CT molecular complexity index is 424. The molecule has 1 N–H and O–H groups in total. The van der Waals surface area contributed by atoms with Crippen molar-refractivity contribution < 1.29 is 9.90 Å². The number of aliphatic hydroxyl groups is 1. The van der Waals surface area contributed by atoms with Gasteiger partial charge < -0.3 is 14.9 Å². The van der Waals surface area contributed by atoms with Crippen molar-refractivity contribution in [3.8, 4) is 0 Å². The molecule has 0 atom stereocenters. The van der Waals surface area contributed by atoms with Gasteiger partial charge in [0.2, 0.25) is 0 Å². The summed E-state index contributed by atoms with van der Waals surface area (Å²) in [6.07, 6.45) is 3.29. The largest absolute Gasteiger partial charge is 0.395 e. The number of carbonyl (C=O) groups excluding carboxylic acids is 1. The summed E-state index contributed by atoms with van der Waals surface area (Å²) in [7, 11) is 3.95. The number of rotatable bonds is 5. The number of anilines is 1. The molecule has 0 heterocycles. The summed E-state index contributed by atoms with van der Waals surface area (Å²) in [6.45, 7) is 0.455. The van der Waals surface area contributed by atoms with Crippen LogP contribution in [-0.2, 0) is 0 Å². The number of hydrogen-bond acceptors (Lipinski definition) is 3. The maximum absolute atomic E-state index is 12.5. The van der Waals surface area contributed by atoms with Gasteiger partial charge >= 0.3 is 0 Å². The fourth-order valence-corrected chi connectivity index (χ4v) is 2.32. The number of aliphatic hydroxyl groups excluding tert-OH is 1. The summed E-state index contributed by atoms with van der Waals surface area (Å²) < 4.78 is 0. The van der Waals surface area contributed by atoms with Crippen LogP contribution in [0.4, 0.5) is 5.69 Å². The van der Waals surface area contributed by atoms with Gasteiger partial charge in [-0.1, -0.05) is 0 Å². The standard InChI is InChI=1S/C15H22N2O2/c1-16(2)13-8-6-12(7-9-13)15(19)17(10-11-18)14-4-3-5-14/h6-9,14,18H,3-5,10-11H2,1-2H3. The third-order valence-electron chi connectivity index (χ3n) is 3.75. The lowest BCUT2D eigenvalue weighted by Crippen LogP contribution is -2.45. The van der Waals surface area contributed by atoms with Crippen LogP contribution < -0.4 is 4.90 Å². The van der Waals surface area contributed by atoms with Gasteiger partial charge in [-0.25, -0.2) is 0 Å². The molecule has 104 valence electrons.